The van der Waals surface area contributed by atoms with Crippen molar-refractivity contribution in [2.75, 3.05) is 11.5 Å². The fraction of sp³-hybridized carbons (Fsp3) is 0.200. The Balaban J connectivity index is 2.50. The van der Waals surface area contributed by atoms with Crippen LogP contribution in [0.1, 0.15) is 12.7 Å². The number of hydrogen-bond acceptors (Lipinski definition) is 4. The van der Waals surface area contributed by atoms with Crippen molar-refractivity contribution in [3.05, 3.63) is 30.4 Å². The molecule has 0 amide bonds. The minimum atomic E-state index is 0.350. The summed E-state index contributed by atoms with van der Waals surface area (Å²) in [6.07, 6.45) is 4.45. The molecule has 0 aromatic carbocycles. The maximum Gasteiger partial charge on any atom is 0.149 e. The molecule has 2 aromatic rings. The topological polar surface area (TPSA) is 82.8 Å². The van der Waals surface area contributed by atoms with E-state index in [2.05, 4.69) is 9.97 Å². The number of pyridine rings is 1. The van der Waals surface area contributed by atoms with E-state index >= 15 is 0 Å². The van der Waals surface area contributed by atoms with Gasteiger partial charge in [0.2, 0.25) is 0 Å². The van der Waals surface area contributed by atoms with Crippen molar-refractivity contribution < 1.29 is 0 Å². The van der Waals surface area contributed by atoms with E-state index in [9.17, 15) is 0 Å². The van der Waals surface area contributed by atoms with Gasteiger partial charge in [-0.3, -0.25) is 4.57 Å². The lowest BCUT2D eigenvalue weighted by atomic mass is 10.3. The molecular weight excluding hydrogens is 190 g/mol. The van der Waals surface area contributed by atoms with E-state index in [0.29, 0.717) is 11.5 Å². The van der Waals surface area contributed by atoms with E-state index in [1.54, 1.807) is 12.3 Å². The molecular formula is C10H13N5. The second-order valence-electron chi connectivity index (χ2n) is 3.21. The summed E-state index contributed by atoms with van der Waals surface area (Å²) >= 11 is 0. The van der Waals surface area contributed by atoms with Crippen LogP contribution in [0.3, 0.4) is 0 Å². The number of nitrogens with zero attached hydrogens (tertiary/aromatic N) is 3. The zero-order valence-electron chi connectivity index (χ0n) is 8.51. The van der Waals surface area contributed by atoms with Crippen LogP contribution in [0.4, 0.5) is 11.5 Å². The van der Waals surface area contributed by atoms with Gasteiger partial charge in [-0.15, -0.1) is 0 Å². The molecule has 0 saturated carbocycles. The first-order chi connectivity index (χ1) is 7.22. The van der Waals surface area contributed by atoms with E-state index in [1.807, 2.05) is 23.8 Å². The lowest BCUT2D eigenvalue weighted by molar-refractivity contribution is 0.869. The highest BCUT2D eigenvalue weighted by atomic mass is 15.1. The summed E-state index contributed by atoms with van der Waals surface area (Å²) in [7, 11) is 0. The van der Waals surface area contributed by atoms with E-state index in [1.165, 1.54) is 0 Å². The normalized spacial score (nSPS) is 10.5. The molecule has 0 bridgehead atoms. The molecule has 0 fully saturated rings. The molecule has 0 aliphatic heterocycles. The number of nitrogens with two attached hydrogens (primary N) is 2. The Bertz CT molecular complexity index is 474. The van der Waals surface area contributed by atoms with Gasteiger partial charge in [0.15, 0.2) is 0 Å². The standard InChI is InChI=1S/C10H13N5/c1-2-8-13-5-6-15(8)9-4-3-7(11)10(12)14-9/h3-6H,2,11H2,1H3,(H2,12,14). The van der Waals surface area contributed by atoms with Gasteiger partial charge in [-0.05, 0) is 12.1 Å². The Morgan fingerprint density at radius 2 is 2.13 bits per heavy atom. The molecule has 2 aromatic heterocycles. The first-order valence-corrected chi connectivity index (χ1v) is 4.77. The molecule has 0 atom stereocenters. The second kappa shape index (κ2) is 3.61. The van der Waals surface area contributed by atoms with E-state index in [0.717, 1.165) is 18.1 Å². The maximum absolute atomic E-state index is 5.65. The molecule has 0 saturated heterocycles. The van der Waals surface area contributed by atoms with E-state index < -0.39 is 0 Å². The number of hydrogen-bond donors (Lipinski definition) is 2. The largest absolute Gasteiger partial charge is 0.396 e. The third-order valence-electron chi connectivity index (χ3n) is 2.22. The number of rotatable bonds is 2. The van der Waals surface area contributed by atoms with Crippen LogP contribution >= 0.6 is 0 Å². The number of nitrogen functional groups attached to an aromatic ring is 2. The zero-order chi connectivity index (χ0) is 10.8. The molecule has 5 nitrogen and oxygen atoms in total. The Morgan fingerprint density at radius 3 is 2.80 bits per heavy atom. The Kier molecular flexibility index (Phi) is 2.29. The van der Waals surface area contributed by atoms with Gasteiger partial charge < -0.3 is 11.5 Å². The average molecular weight is 203 g/mol. The molecule has 2 rings (SSSR count). The van der Waals surface area contributed by atoms with Crippen LogP contribution in [0.25, 0.3) is 5.82 Å². The number of anilines is 2. The van der Waals surface area contributed by atoms with Gasteiger partial charge in [-0.1, -0.05) is 6.92 Å². The van der Waals surface area contributed by atoms with Crippen molar-refractivity contribution in [3.8, 4) is 5.82 Å². The fourth-order valence-electron chi connectivity index (χ4n) is 1.41. The highest BCUT2D eigenvalue weighted by molar-refractivity contribution is 5.59. The molecule has 78 valence electrons. The molecule has 2 heterocycles. The monoisotopic (exact) mass is 203 g/mol. The predicted octanol–water partition coefficient (Wildman–Crippen LogP) is 0.994. The van der Waals surface area contributed by atoms with Crippen molar-refractivity contribution in [2.45, 2.75) is 13.3 Å². The van der Waals surface area contributed by atoms with Crippen molar-refractivity contribution in [2.24, 2.45) is 0 Å². The van der Waals surface area contributed by atoms with Crippen LogP contribution < -0.4 is 11.5 Å². The first-order valence-electron chi connectivity index (χ1n) is 4.77. The van der Waals surface area contributed by atoms with Gasteiger partial charge in [0.1, 0.15) is 17.5 Å². The Morgan fingerprint density at radius 1 is 1.33 bits per heavy atom. The molecule has 0 aliphatic carbocycles. The summed E-state index contributed by atoms with van der Waals surface area (Å²) < 4.78 is 1.90. The summed E-state index contributed by atoms with van der Waals surface area (Å²) in [4.78, 5) is 8.41. The molecule has 5 heteroatoms. The van der Waals surface area contributed by atoms with Crippen LogP contribution in [-0.2, 0) is 6.42 Å². The summed E-state index contributed by atoms with van der Waals surface area (Å²) in [6, 6.07) is 3.57. The number of aromatic nitrogens is 3. The SMILES string of the molecule is CCc1nccn1-c1ccc(N)c(N)n1. The summed E-state index contributed by atoms with van der Waals surface area (Å²) in [5.74, 6) is 2.05. The van der Waals surface area contributed by atoms with Gasteiger partial charge in [0.25, 0.3) is 0 Å². The number of aryl methyl sites for hydroxylation is 1. The van der Waals surface area contributed by atoms with E-state index in [4.69, 9.17) is 11.5 Å². The van der Waals surface area contributed by atoms with Gasteiger partial charge in [-0.2, -0.15) is 0 Å². The molecule has 4 N–H and O–H groups in total. The predicted molar refractivity (Wildman–Crippen MR) is 59.6 cm³/mol. The van der Waals surface area contributed by atoms with Gasteiger partial charge >= 0.3 is 0 Å². The zero-order valence-corrected chi connectivity index (χ0v) is 8.51. The highest BCUT2D eigenvalue weighted by Gasteiger charge is 2.05. The summed E-state index contributed by atoms with van der Waals surface area (Å²) in [5.41, 5.74) is 11.7. The van der Waals surface area contributed by atoms with Crippen LogP contribution in [0, 0.1) is 0 Å². The average Bonchev–Trinajstić information content (AvgIpc) is 2.70. The number of imidazole rings is 1. The van der Waals surface area contributed by atoms with Crippen LogP contribution in [-0.4, -0.2) is 14.5 Å². The Labute approximate surface area is 87.8 Å². The highest BCUT2D eigenvalue weighted by Crippen LogP contribution is 2.15. The van der Waals surface area contributed by atoms with Gasteiger partial charge in [0.05, 0.1) is 5.69 Å². The molecule has 0 unspecified atom stereocenters. The quantitative estimate of drug-likeness (QED) is 0.762. The summed E-state index contributed by atoms with van der Waals surface area (Å²) in [6.45, 7) is 2.04. The maximum atomic E-state index is 5.65. The smallest absolute Gasteiger partial charge is 0.149 e. The second-order valence-corrected chi connectivity index (χ2v) is 3.21. The van der Waals surface area contributed by atoms with Crippen molar-refractivity contribution in [1.29, 1.82) is 0 Å². The third-order valence-corrected chi connectivity index (χ3v) is 2.22. The van der Waals surface area contributed by atoms with Crippen molar-refractivity contribution in [1.82, 2.24) is 14.5 Å². The van der Waals surface area contributed by atoms with Gasteiger partial charge in [-0.25, -0.2) is 9.97 Å². The minimum Gasteiger partial charge on any atom is -0.396 e. The minimum absolute atomic E-state index is 0.350. The summed E-state index contributed by atoms with van der Waals surface area (Å²) in [5, 5.41) is 0. The van der Waals surface area contributed by atoms with E-state index in [-0.39, 0.29) is 0 Å². The molecule has 0 spiro atoms. The van der Waals surface area contributed by atoms with Crippen molar-refractivity contribution in [3.63, 3.8) is 0 Å². The van der Waals surface area contributed by atoms with Crippen molar-refractivity contribution >= 4 is 11.5 Å². The first kappa shape index (κ1) is 9.51. The fourth-order valence-corrected chi connectivity index (χ4v) is 1.41. The third kappa shape index (κ3) is 1.63. The van der Waals surface area contributed by atoms with Crippen LogP contribution in [0.5, 0.6) is 0 Å². The lowest BCUT2D eigenvalue weighted by Gasteiger charge is -2.07. The Hall–Kier alpha value is -2.04. The molecule has 0 radical (unpaired) electrons. The van der Waals surface area contributed by atoms with Crippen LogP contribution in [0.2, 0.25) is 0 Å². The van der Waals surface area contributed by atoms with Gasteiger partial charge in [0, 0.05) is 18.8 Å². The van der Waals surface area contributed by atoms with Crippen LogP contribution in [0.15, 0.2) is 24.5 Å². The molecule has 0 aliphatic rings. The molecule has 15 heavy (non-hydrogen) atoms. The lowest BCUT2D eigenvalue weighted by Crippen LogP contribution is -2.05.